The molecule has 5 rings (SSSR count). The van der Waals surface area contributed by atoms with E-state index in [0.29, 0.717) is 16.4 Å². The molecule has 1 saturated heterocycles. The molecule has 0 spiro atoms. The van der Waals surface area contributed by atoms with Gasteiger partial charge in [-0.15, -0.1) is 0 Å². The number of ether oxygens (including phenoxy) is 1. The molecule has 0 bridgehead atoms. The van der Waals surface area contributed by atoms with E-state index in [1.807, 2.05) is 42.5 Å². The van der Waals surface area contributed by atoms with Gasteiger partial charge in [0.05, 0.1) is 24.4 Å². The number of anilines is 1. The van der Waals surface area contributed by atoms with Crippen molar-refractivity contribution in [2.45, 2.75) is 25.4 Å². The maximum atomic E-state index is 12.0. The number of nitrogens with one attached hydrogen (secondary N) is 1. The summed E-state index contributed by atoms with van der Waals surface area (Å²) < 4.78 is 11.3. The summed E-state index contributed by atoms with van der Waals surface area (Å²) in [6, 6.07) is 24.9. The summed E-state index contributed by atoms with van der Waals surface area (Å²) >= 11 is 5.79. The SMILES string of the molecule is CCc1ccc(N2C(=S)N[C@@H](c3ccccn3)[C@@H]2c2ccc(-c3cccc(C(=O)OC)c3)o2)cc1. The lowest BCUT2D eigenvalue weighted by Gasteiger charge is -2.26. The van der Waals surface area contributed by atoms with Gasteiger partial charge in [0.15, 0.2) is 5.11 Å². The fourth-order valence-electron chi connectivity index (χ4n) is 4.40. The van der Waals surface area contributed by atoms with Crippen molar-refractivity contribution in [3.05, 3.63) is 108 Å². The van der Waals surface area contributed by atoms with E-state index in [2.05, 4.69) is 46.4 Å². The second kappa shape index (κ2) is 9.72. The van der Waals surface area contributed by atoms with Gasteiger partial charge in [-0.05, 0) is 72.7 Å². The van der Waals surface area contributed by atoms with Crippen molar-refractivity contribution in [3.63, 3.8) is 0 Å². The van der Waals surface area contributed by atoms with Crippen LogP contribution < -0.4 is 10.2 Å². The molecule has 2 aromatic carbocycles. The van der Waals surface area contributed by atoms with Crippen molar-refractivity contribution in [2.24, 2.45) is 0 Å². The normalized spacial score (nSPS) is 17.3. The Bertz CT molecular complexity index is 1350. The summed E-state index contributed by atoms with van der Waals surface area (Å²) in [5.74, 6) is 1.01. The topological polar surface area (TPSA) is 67.6 Å². The number of pyridine rings is 1. The molecule has 7 heteroatoms. The van der Waals surface area contributed by atoms with E-state index in [9.17, 15) is 4.79 Å². The Hall–Kier alpha value is -3.97. The van der Waals surface area contributed by atoms with E-state index in [1.54, 1.807) is 18.3 Å². The molecule has 6 nitrogen and oxygen atoms in total. The second-order valence-electron chi connectivity index (χ2n) is 8.29. The van der Waals surface area contributed by atoms with Crippen molar-refractivity contribution in [1.82, 2.24) is 10.3 Å². The Labute approximate surface area is 209 Å². The number of aryl methyl sites for hydroxylation is 1. The molecule has 0 amide bonds. The first kappa shape index (κ1) is 22.8. The monoisotopic (exact) mass is 483 g/mol. The quantitative estimate of drug-likeness (QED) is 0.272. The molecule has 3 heterocycles. The number of esters is 1. The highest BCUT2D eigenvalue weighted by Crippen LogP contribution is 2.43. The van der Waals surface area contributed by atoms with Crippen LogP contribution in [0.1, 0.15) is 46.4 Å². The standard InChI is InChI=1S/C28H25N3O3S/c1-3-18-10-12-21(13-11-18)31-26(25(30-28(31)35)22-9-4-5-16-29-22)24-15-14-23(34-24)19-7-6-8-20(17-19)27(32)33-2/h4-17,25-26H,3H2,1-2H3,(H,30,35)/t25-,26-/m0/s1. The lowest BCUT2D eigenvalue weighted by Crippen LogP contribution is -2.29. The van der Waals surface area contributed by atoms with Gasteiger partial charge in [0, 0.05) is 17.4 Å². The van der Waals surface area contributed by atoms with Gasteiger partial charge in [-0.2, -0.15) is 0 Å². The molecule has 2 aromatic heterocycles. The van der Waals surface area contributed by atoms with Gasteiger partial charge in [-0.25, -0.2) is 4.79 Å². The molecule has 1 aliphatic heterocycles. The molecule has 4 aromatic rings. The third-order valence-corrected chi connectivity index (χ3v) is 6.52. The molecule has 2 atom stereocenters. The Morgan fingerprint density at radius 3 is 2.63 bits per heavy atom. The largest absolute Gasteiger partial charge is 0.465 e. The molecule has 1 fully saturated rings. The number of hydrogen-bond acceptors (Lipinski definition) is 5. The van der Waals surface area contributed by atoms with E-state index in [-0.39, 0.29) is 18.1 Å². The lowest BCUT2D eigenvalue weighted by atomic mass is 10.0. The van der Waals surface area contributed by atoms with Gasteiger partial charge in [-0.1, -0.05) is 37.3 Å². The lowest BCUT2D eigenvalue weighted by molar-refractivity contribution is 0.0601. The number of aromatic nitrogens is 1. The summed E-state index contributed by atoms with van der Waals surface area (Å²) in [6.07, 6.45) is 2.75. The predicted octanol–water partition coefficient (Wildman–Crippen LogP) is 5.87. The van der Waals surface area contributed by atoms with Crippen LogP contribution in [-0.4, -0.2) is 23.2 Å². The molecule has 1 aliphatic rings. The van der Waals surface area contributed by atoms with E-state index >= 15 is 0 Å². The van der Waals surface area contributed by atoms with Crippen molar-refractivity contribution in [1.29, 1.82) is 0 Å². The Morgan fingerprint density at radius 1 is 1.09 bits per heavy atom. The van der Waals surface area contributed by atoms with Crippen molar-refractivity contribution >= 4 is 29.0 Å². The van der Waals surface area contributed by atoms with Crippen LogP contribution in [0.15, 0.2) is 89.5 Å². The molecule has 0 radical (unpaired) electrons. The van der Waals surface area contributed by atoms with Crippen LogP contribution >= 0.6 is 12.2 Å². The van der Waals surface area contributed by atoms with Crippen LogP contribution in [0.2, 0.25) is 0 Å². The Kier molecular flexibility index (Phi) is 6.33. The van der Waals surface area contributed by atoms with Crippen LogP contribution in [0.4, 0.5) is 5.69 Å². The number of carbonyl (C=O) groups excluding carboxylic acids is 1. The molecule has 35 heavy (non-hydrogen) atoms. The minimum atomic E-state index is -0.388. The fraction of sp³-hybridized carbons (Fsp3) is 0.179. The number of thiocarbonyl (C=S) groups is 1. The molecule has 1 N–H and O–H groups in total. The zero-order valence-electron chi connectivity index (χ0n) is 19.5. The van der Waals surface area contributed by atoms with E-state index < -0.39 is 0 Å². The van der Waals surface area contributed by atoms with E-state index in [1.165, 1.54) is 12.7 Å². The number of methoxy groups -OCH3 is 1. The zero-order chi connectivity index (χ0) is 24.4. The smallest absolute Gasteiger partial charge is 0.337 e. The van der Waals surface area contributed by atoms with Gasteiger partial charge < -0.3 is 19.4 Å². The van der Waals surface area contributed by atoms with Crippen molar-refractivity contribution in [3.8, 4) is 11.3 Å². The first-order valence-corrected chi connectivity index (χ1v) is 11.9. The highest BCUT2D eigenvalue weighted by Gasteiger charge is 2.42. The summed E-state index contributed by atoms with van der Waals surface area (Å²) in [7, 11) is 1.37. The third kappa shape index (κ3) is 4.42. The first-order chi connectivity index (χ1) is 17.1. The second-order valence-corrected chi connectivity index (χ2v) is 8.68. The highest BCUT2D eigenvalue weighted by molar-refractivity contribution is 7.80. The zero-order valence-corrected chi connectivity index (χ0v) is 20.3. The highest BCUT2D eigenvalue weighted by atomic mass is 32.1. The first-order valence-electron chi connectivity index (χ1n) is 11.5. The van der Waals surface area contributed by atoms with E-state index in [4.69, 9.17) is 21.4 Å². The van der Waals surface area contributed by atoms with Crippen LogP contribution in [0.3, 0.4) is 0 Å². The molecule has 0 saturated carbocycles. The summed E-state index contributed by atoms with van der Waals surface area (Å²) in [4.78, 5) is 18.7. The van der Waals surface area contributed by atoms with Crippen molar-refractivity contribution in [2.75, 3.05) is 12.0 Å². The molecule has 0 unspecified atom stereocenters. The van der Waals surface area contributed by atoms with Gasteiger partial charge in [0.25, 0.3) is 0 Å². The number of carbonyl (C=O) groups is 1. The number of nitrogens with zero attached hydrogens (tertiary/aromatic N) is 2. The van der Waals surface area contributed by atoms with E-state index in [0.717, 1.165) is 29.1 Å². The van der Waals surface area contributed by atoms with Gasteiger partial charge in [-0.3, -0.25) is 4.98 Å². The van der Waals surface area contributed by atoms with Gasteiger partial charge >= 0.3 is 5.97 Å². The number of rotatable bonds is 6. The summed E-state index contributed by atoms with van der Waals surface area (Å²) in [5.41, 5.74) is 4.37. The number of furan rings is 1. The fourth-order valence-corrected chi connectivity index (χ4v) is 4.74. The van der Waals surface area contributed by atoms with Crippen LogP contribution in [0, 0.1) is 0 Å². The Balaban J connectivity index is 1.56. The number of benzene rings is 2. The molecular formula is C28H25N3O3S. The van der Waals surface area contributed by atoms with Crippen LogP contribution in [0.25, 0.3) is 11.3 Å². The summed E-state index contributed by atoms with van der Waals surface area (Å²) in [5, 5.41) is 4.06. The molecular weight excluding hydrogens is 458 g/mol. The maximum absolute atomic E-state index is 12.0. The minimum absolute atomic E-state index is 0.199. The van der Waals surface area contributed by atoms with Crippen molar-refractivity contribution < 1.29 is 13.9 Å². The van der Waals surface area contributed by atoms with Gasteiger partial charge in [0.2, 0.25) is 0 Å². The summed E-state index contributed by atoms with van der Waals surface area (Å²) in [6.45, 7) is 2.14. The van der Waals surface area contributed by atoms with Gasteiger partial charge in [0.1, 0.15) is 17.6 Å². The predicted molar refractivity (Wildman–Crippen MR) is 139 cm³/mol. The minimum Gasteiger partial charge on any atom is -0.465 e. The van der Waals surface area contributed by atoms with Crippen LogP contribution in [0.5, 0.6) is 0 Å². The Morgan fingerprint density at radius 2 is 1.91 bits per heavy atom. The average molecular weight is 484 g/mol. The number of hydrogen-bond donors (Lipinski definition) is 1. The third-order valence-electron chi connectivity index (χ3n) is 6.21. The maximum Gasteiger partial charge on any atom is 0.337 e. The van der Waals surface area contributed by atoms with Crippen LogP contribution in [-0.2, 0) is 11.2 Å². The molecule has 176 valence electrons. The molecule has 0 aliphatic carbocycles. The average Bonchev–Trinajstić information content (AvgIpc) is 3.53.